The summed E-state index contributed by atoms with van der Waals surface area (Å²) in [6.07, 6.45) is 3.61. The summed E-state index contributed by atoms with van der Waals surface area (Å²) in [6, 6.07) is 0.172. The van der Waals surface area contributed by atoms with Crippen molar-refractivity contribution < 1.29 is 9.90 Å². The van der Waals surface area contributed by atoms with Gasteiger partial charge in [0.15, 0.2) is 0 Å². The van der Waals surface area contributed by atoms with Crippen molar-refractivity contribution in [2.45, 2.75) is 46.3 Å². The standard InChI is InChI=1S/C14H23NO2S2/c1-5-6-12(16)10(4)13(17)15-11(7-9(2)3)8-19-14(15)18/h5-6,9-12,16H,7-8H2,1-4H3/b6-5+/t10-,11-,12+/m0/s1. The number of thioether (sulfide) groups is 1. The van der Waals surface area contributed by atoms with Crippen molar-refractivity contribution in [1.82, 2.24) is 4.90 Å². The van der Waals surface area contributed by atoms with Crippen LogP contribution in [-0.2, 0) is 4.79 Å². The van der Waals surface area contributed by atoms with Gasteiger partial charge in [0.05, 0.1) is 12.0 Å². The lowest BCUT2D eigenvalue weighted by Gasteiger charge is -2.28. The van der Waals surface area contributed by atoms with Crippen molar-refractivity contribution in [2.24, 2.45) is 11.8 Å². The number of allylic oxidation sites excluding steroid dienone is 1. The van der Waals surface area contributed by atoms with Crippen molar-refractivity contribution >= 4 is 34.2 Å². The molecule has 0 spiro atoms. The molecular weight excluding hydrogens is 278 g/mol. The molecule has 0 bridgehead atoms. The van der Waals surface area contributed by atoms with E-state index in [0.717, 1.165) is 12.2 Å². The minimum atomic E-state index is -0.745. The van der Waals surface area contributed by atoms with E-state index in [2.05, 4.69) is 13.8 Å². The van der Waals surface area contributed by atoms with Gasteiger partial charge in [0.25, 0.3) is 0 Å². The number of carbonyl (C=O) groups is 1. The number of aliphatic hydroxyl groups excluding tert-OH is 1. The van der Waals surface area contributed by atoms with E-state index in [1.807, 2.05) is 6.92 Å². The zero-order chi connectivity index (χ0) is 14.6. The highest BCUT2D eigenvalue weighted by atomic mass is 32.2. The lowest BCUT2D eigenvalue weighted by atomic mass is 9.99. The van der Waals surface area contributed by atoms with E-state index in [9.17, 15) is 9.90 Å². The maximum atomic E-state index is 12.5. The number of thiocarbonyl (C=S) groups is 1. The Morgan fingerprint density at radius 2 is 2.21 bits per heavy atom. The second-order valence-corrected chi connectivity index (χ2v) is 7.03. The van der Waals surface area contributed by atoms with Crippen LogP contribution in [0.25, 0.3) is 0 Å². The van der Waals surface area contributed by atoms with E-state index in [1.54, 1.807) is 35.7 Å². The first-order valence-corrected chi connectivity index (χ1v) is 8.08. The summed E-state index contributed by atoms with van der Waals surface area (Å²) < 4.78 is 0.648. The van der Waals surface area contributed by atoms with E-state index >= 15 is 0 Å². The lowest BCUT2D eigenvalue weighted by Crippen LogP contribution is -2.44. The molecule has 1 saturated heterocycles. The quantitative estimate of drug-likeness (QED) is 0.626. The molecule has 1 N–H and O–H groups in total. The predicted octanol–water partition coefficient (Wildman–Crippen LogP) is 2.83. The van der Waals surface area contributed by atoms with Gasteiger partial charge in [-0.1, -0.05) is 56.9 Å². The zero-order valence-electron chi connectivity index (χ0n) is 12.0. The zero-order valence-corrected chi connectivity index (χ0v) is 13.6. The first-order chi connectivity index (χ1) is 8.88. The Labute approximate surface area is 125 Å². The van der Waals surface area contributed by atoms with Gasteiger partial charge in [-0.05, 0) is 19.3 Å². The monoisotopic (exact) mass is 301 g/mol. The Bertz CT molecular complexity index is 368. The summed E-state index contributed by atoms with van der Waals surface area (Å²) in [7, 11) is 0. The van der Waals surface area contributed by atoms with Gasteiger partial charge in [-0.25, -0.2) is 0 Å². The van der Waals surface area contributed by atoms with Gasteiger partial charge in [0.1, 0.15) is 4.32 Å². The number of nitrogens with zero attached hydrogens (tertiary/aromatic N) is 1. The van der Waals surface area contributed by atoms with Gasteiger partial charge in [0, 0.05) is 11.8 Å². The fourth-order valence-electron chi connectivity index (χ4n) is 2.18. The van der Waals surface area contributed by atoms with Crippen molar-refractivity contribution in [3.05, 3.63) is 12.2 Å². The summed E-state index contributed by atoms with van der Waals surface area (Å²) in [4.78, 5) is 14.2. The molecular formula is C14H23NO2S2. The van der Waals surface area contributed by atoms with Crippen LogP contribution in [0.15, 0.2) is 12.2 Å². The molecule has 0 saturated carbocycles. The summed E-state index contributed by atoms with van der Waals surface area (Å²) in [5, 5.41) is 9.92. The Morgan fingerprint density at radius 3 is 2.74 bits per heavy atom. The normalized spacial score (nSPS) is 23.4. The third kappa shape index (κ3) is 4.29. The molecule has 0 radical (unpaired) electrons. The third-order valence-corrected chi connectivity index (χ3v) is 4.78. The van der Waals surface area contributed by atoms with Gasteiger partial charge in [-0.2, -0.15) is 0 Å². The van der Waals surface area contributed by atoms with Crippen LogP contribution in [0, 0.1) is 11.8 Å². The number of carbonyl (C=O) groups excluding carboxylic acids is 1. The van der Waals surface area contributed by atoms with Crippen LogP contribution >= 0.6 is 24.0 Å². The molecule has 1 rings (SSSR count). The Morgan fingerprint density at radius 1 is 1.58 bits per heavy atom. The number of hydrogen-bond acceptors (Lipinski definition) is 4. The van der Waals surface area contributed by atoms with Crippen LogP contribution < -0.4 is 0 Å². The third-order valence-electron chi connectivity index (χ3n) is 3.23. The molecule has 0 aliphatic carbocycles. The van der Waals surface area contributed by atoms with E-state index in [4.69, 9.17) is 12.2 Å². The number of rotatable bonds is 5. The Hall–Kier alpha value is -0.390. The topological polar surface area (TPSA) is 40.5 Å². The molecule has 1 aliphatic rings. The maximum absolute atomic E-state index is 12.5. The Balaban J connectivity index is 2.79. The smallest absolute Gasteiger partial charge is 0.234 e. The minimum Gasteiger partial charge on any atom is -0.388 e. The molecule has 5 heteroatoms. The van der Waals surface area contributed by atoms with Crippen molar-refractivity contribution in [3.63, 3.8) is 0 Å². The minimum absolute atomic E-state index is 0.0637. The fraction of sp³-hybridized carbons (Fsp3) is 0.714. The summed E-state index contributed by atoms with van der Waals surface area (Å²) in [5.74, 6) is 0.876. The van der Waals surface area contributed by atoms with Crippen LogP contribution in [0.1, 0.15) is 34.1 Å². The van der Waals surface area contributed by atoms with E-state index in [-0.39, 0.29) is 11.9 Å². The average molecular weight is 301 g/mol. The van der Waals surface area contributed by atoms with Gasteiger partial charge in [-0.15, -0.1) is 0 Å². The SMILES string of the molecule is C/C=C/[C@@H](O)[C@H](C)C(=O)N1C(=S)SC[C@@H]1CC(C)C. The van der Waals surface area contributed by atoms with E-state index < -0.39 is 12.0 Å². The largest absolute Gasteiger partial charge is 0.388 e. The van der Waals surface area contributed by atoms with Crippen LogP contribution in [0.2, 0.25) is 0 Å². The van der Waals surface area contributed by atoms with E-state index in [0.29, 0.717) is 10.2 Å². The van der Waals surface area contributed by atoms with Crippen LogP contribution in [0.3, 0.4) is 0 Å². The molecule has 1 fully saturated rings. The summed E-state index contributed by atoms with van der Waals surface area (Å²) in [6.45, 7) is 7.88. The van der Waals surface area contributed by atoms with Crippen LogP contribution in [-0.4, -0.2) is 38.1 Å². The number of aliphatic hydroxyl groups is 1. The van der Waals surface area contributed by atoms with E-state index in [1.165, 1.54) is 0 Å². The van der Waals surface area contributed by atoms with Gasteiger partial charge >= 0.3 is 0 Å². The van der Waals surface area contributed by atoms with Crippen molar-refractivity contribution in [1.29, 1.82) is 0 Å². The second kappa shape index (κ2) is 7.41. The highest BCUT2D eigenvalue weighted by Gasteiger charge is 2.37. The molecule has 0 aromatic heterocycles. The van der Waals surface area contributed by atoms with Gasteiger partial charge in [0.2, 0.25) is 5.91 Å². The van der Waals surface area contributed by atoms with Gasteiger partial charge < -0.3 is 5.11 Å². The molecule has 108 valence electrons. The molecule has 19 heavy (non-hydrogen) atoms. The average Bonchev–Trinajstić information content (AvgIpc) is 2.68. The highest BCUT2D eigenvalue weighted by molar-refractivity contribution is 8.23. The molecule has 0 unspecified atom stereocenters. The molecule has 1 amide bonds. The molecule has 1 heterocycles. The molecule has 0 aromatic rings. The summed E-state index contributed by atoms with van der Waals surface area (Å²) in [5.41, 5.74) is 0. The molecule has 3 nitrogen and oxygen atoms in total. The Kier molecular flexibility index (Phi) is 6.50. The van der Waals surface area contributed by atoms with Crippen molar-refractivity contribution in [3.8, 4) is 0 Å². The highest BCUT2D eigenvalue weighted by Crippen LogP contribution is 2.30. The number of hydrogen-bond donors (Lipinski definition) is 1. The first kappa shape index (κ1) is 16.7. The maximum Gasteiger partial charge on any atom is 0.234 e. The van der Waals surface area contributed by atoms with Crippen molar-refractivity contribution in [2.75, 3.05) is 5.75 Å². The fourth-order valence-corrected chi connectivity index (χ4v) is 3.62. The molecule has 3 atom stereocenters. The number of amides is 1. The molecule has 0 aromatic carbocycles. The second-order valence-electron chi connectivity index (χ2n) is 5.37. The van der Waals surface area contributed by atoms with Crippen LogP contribution in [0.5, 0.6) is 0 Å². The van der Waals surface area contributed by atoms with Gasteiger partial charge in [-0.3, -0.25) is 9.69 Å². The lowest BCUT2D eigenvalue weighted by molar-refractivity contribution is -0.134. The predicted molar refractivity (Wildman–Crippen MR) is 85.1 cm³/mol. The molecule has 1 aliphatic heterocycles. The first-order valence-electron chi connectivity index (χ1n) is 6.69. The summed E-state index contributed by atoms with van der Waals surface area (Å²) >= 11 is 6.85. The van der Waals surface area contributed by atoms with Crippen LogP contribution in [0.4, 0.5) is 0 Å².